The number of nitrogens with zero attached hydrogens (tertiary/aromatic N) is 1. The first-order chi connectivity index (χ1) is 9.53. The Morgan fingerprint density at radius 3 is 2.90 bits per heavy atom. The molecule has 8 heteroatoms. The van der Waals surface area contributed by atoms with Crippen molar-refractivity contribution in [2.75, 3.05) is 30.9 Å². The molecule has 1 fully saturated rings. The predicted molar refractivity (Wildman–Crippen MR) is 86.9 cm³/mol. The van der Waals surface area contributed by atoms with Crippen LogP contribution in [0.1, 0.15) is 5.69 Å². The smallest absolute Gasteiger partial charge is 0.242 e. The predicted octanol–water partition coefficient (Wildman–Crippen LogP) is 0.871. The van der Waals surface area contributed by atoms with Crippen LogP contribution in [0.4, 0.5) is 0 Å². The van der Waals surface area contributed by atoms with Gasteiger partial charge in [-0.1, -0.05) is 0 Å². The number of hydrogen-bond acceptors (Lipinski definition) is 5. The second-order valence-electron chi connectivity index (χ2n) is 4.73. The number of hydrogen-bond donors (Lipinski definition) is 2. The third kappa shape index (κ3) is 4.17. The molecule has 0 spiro atoms. The normalized spacial score (nSPS) is 20.2. The highest BCUT2D eigenvalue weighted by atomic mass is 32.2. The third-order valence-corrected chi connectivity index (χ3v) is 7.37. The SMILES string of the molecule is CNCc1cc(S(=O)(=O)NCC2CSCCS2)cn1C. The molecule has 1 aromatic heterocycles. The van der Waals surface area contributed by atoms with Gasteiger partial charge in [-0.3, -0.25) is 0 Å². The van der Waals surface area contributed by atoms with E-state index in [2.05, 4.69) is 10.0 Å². The maximum atomic E-state index is 12.3. The Morgan fingerprint density at radius 2 is 2.25 bits per heavy atom. The average molecular weight is 336 g/mol. The van der Waals surface area contributed by atoms with E-state index in [1.165, 1.54) is 5.75 Å². The van der Waals surface area contributed by atoms with E-state index in [1.54, 1.807) is 12.3 Å². The lowest BCUT2D eigenvalue weighted by atomic mass is 10.4. The first kappa shape index (κ1) is 16.2. The van der Waals surface area contributed by atoms with Crippen LogP contribution in [-0.2, 0) is 23.6 Å². The van der Waals surface area contributed by atoms with Crippen molar-refractivity contribution in [2.24, 2.45) is 7.05 Å². The fraction of sp³-hybridized carbons (Fsp3) is 0.667. The molecule has 1 aliphatic heterocycles. The van der Waals surface area contributed by atoms with E-state index >= 15 is 0 Å². The van der Waals surface area contributed by atoms with E-state index in [0.29, 0.717) is 23.2 Å². The molecule has 1 aliphatic rings. The Labute approximate surface area is 129 Å². The lowest BCUT2D eigenvalue weighted by molar-refractivity contribution is 0.581. The van der Waals surface area contributed by atoms with Crippen molar-refractivity contribution in [3.05, 3.63) is 18.0 Å². The van der Waals surface area contributed by atoms with Gasteiger partial charge in [-0.25, -0.2) is 13.1 Å². The summed E-state index contributed by atoms with van der Waals surface area (Å²) in [5.74, 6) is 3.29. The third-order valence-electron chi connectivity index (χ3n) is 3.14. The quantitative estimate of drug-likeness (QED) is 0.808. The molecule has 2 N–H and O–H groups in total. The lowest BCUT2D eigenvalue weighted by Crippen LogP contribution is -2.33. The molecule has 1 aromatic rings. The molecular weight excluding hydrogens is 314 g/mol. The number of rotatable bonds is 6. The highest BCUT2D eigenvalue weighted by molar-refractivity contribution is 8.06. The zero-order chi connectivity index (χ0) is 14.6. The zero-order valence-electron chi connectivity index (χ0n) is 11.8. The topological polar surface area (TPSA) is 63.1 Å². The van der Waals surface area contributed by atoms with Gasteiger partial charge in [-0.2, -0.15) is 23.5 Å². The summed E-state index contributed by atoms with van der Waals surface area (Å²) in [6.45, 7) is 1.16. The zero-order valence-corrected chi connectivity index (χ0v) is 14.2. The number of nitrogens with one attached hydrogen (secondary N) is 2. The number of aryl methyl sites for hydroxylation is 1. The maximum Gasteiger partial charge on any atom is 0.242 e. The van der Waals surface area contributed by atoms with Crippen molar-refractivity contribution >= 4 is 33.5 Å². The second kappa shape index (κ2) is 7.22. The standard InChI is InChI=1S/C12H21N3O2S3/c1-13-6-10-5-12(8-15(10)2)20(16,17)14-7-11-9-18-3-4-19-11/h5,8,11,13-14H,3-4,6-7,9H2,1-2H3. The van der Waals surface area contributed by atoms with Crippen LogP contribution in [0.15, 0.2) is 17.2 Å². The Hall–Kier alpha value is -0.150. The highest BCUT2D eigenvalue weighted by Crippen LogP contribution is 2.23. The molecule has 1 unspecified atom stereocenters. The second-order valence-corrected chi connectivity index (χ2v) is 9.05. The summed E-state index contributed by atoms with van der Waals surface area (Å²) in [4.78, 5) is 0.346. The molecule has 2 heterocycles. The summed E-state index contributed by atoms with van der Waals surface area (Å²) in [5, 5.41) is 3.41. The lowest BCUT2D eigenvalue weighted by Gasteiger charge is -2.20. The van der Waals surface area contributed by atoms with Gasteiger partial charge in [0.25, 0.3) is 0 Å². The van der Waals surface area contributed by atoms with Crippen LogP contribution in [0.2, 0.25) is 0 Å². The van der Waals surface area contributed by atoms with Crippen LogP contribution >= 0.6 is 23.5 Å². The van der Waals surface area contributed by atoms with Crippen LogP contribution in [0.25, 0.3) is 0 Å². The van der Waals surface area contributed by atoms with Crippen molar-refractivity contribution < 1.29 is 8.42 Å². The van der Waals surface area contributed by atoms with Gasteiger partial charge in [-0.05, 0) is 13.1 Å². The molecule has 5 nitrogen and oxygen atoms in total. The minimum Gasteiger partial charge on any atom is -0.352 e. The van der Waals surface area contributed by atoms with Gasteiger partial charge in [0, 0.05) is 54.5 Å². The summed E-state index contributed by atoms with van der Waals surface area (Å²) in [7, 11) is 0.304. The van der Waals surface area contributed by atoms with Gasteiger partial charge in [-0.15, -0.1) is 0 Å². The molecule has 0 aliphatic carbocycles. The number of sulfonamides is 1. The highest BCUT2D eigenvalue weighted by Gasteiger charge is 2.21. The summed E-state index contributed by atoms with van der Waals surface area (Å²) >= 11 is 3.75. The minimum atomic E-state index is -3.40. The molecule has 20 heavy (non-hydrogen) atoms. The molecule has 0 aromatic carbocycles. The van der Waals surface area contributed by atoms with E-state index in [1.807, 2.05) is 42.2 Å². The van der Waals surface area contributed by atoms with Gasteiger partial charge in [0.2, 0.25) is 10.0 Å². The molecule has 1 atom stereocenters. The number of aromatic nitrogens is 1. The molecule has 0 bridgehead atoms. The first-order valence-corrected chi connectivity index (χ1v) is 10.2. The molecule has 114 valence electrons. The summed E-state index contributed by atoms with van der Waals surface area (Å²) < 4.78 is 29.1. The van der Waals surface area contributed by atoms with Crippen LogP contribution < -0.4 is 10.0 Å². The Kier molecular flexibility index (Phi) is 5.85. The number of thioether (sulfide) groups is 2. The summed E-state index contributed by atoms with van der Waals surface area (Å²) in [5.41, 5.74) is 0.954. The Morgan fingerprint density at radius 1 is 1.45 bits per heavy atom. The monoisotopic (exact) mass is 335 g/mol. The van der Waals surface area contributed by atoms with Gasteiger partial charge in [0.05, 0.1) is 4.90 Å². The Balaban J connectivity index is 2.00. The van der Waals surface area contributed by atoms with E-state index in [0.717, 1.165) is 17.2 Å². The molecule has 0 radical (unpaired) electrons. The largest absolute Gasteiger partial charge is 0.352 e. The van der Waals surface area contributed by atoms with Gasteiger partial charge >= 0.3 is 0 Å². The molecular formula is C12H21N3O2S3. The van der Waals surface area contributed by atoms with Crippen LogP contribution in [-0.4, -0.2) is 49.1 Å². The summed E-state index contributed by atoms with van der Waals surface area (Å²) in [6, 6.07) is 1.72. The van der Waals surface area contributed by atoms with E-state index in [9.17, 15) is 8.42 Å². The fourth-order valence-electron chi connectivity index (χ4n) is 2.02. The molecule has 2 rings (SSSR count). The van der Waals surface area contributed by atoms with Gasteiger partial charge < -0.3 is 9.88 Å². The fourth-order valence-corrected chi connectivity index (χ4v) is 5.91. The van der Waals surface area contributed by atoms with Crippen LogP contribution in [0, 0.1) is 0 Å². The summed E-state index contributed by atoms with van der Waals surface area (Å²) in [6.07, 6.45) is 1.66. The maximum absolute atomic E-state index is 12.3. The van der Waals surface area contributed by atoms with E-state index in [4.69, 9.17) is 0 Å². The Bertz CT molecular complexity index is 536. The van der Waals surface area contributed by atoms with Crippen molar-refractivity contribution in [1.29, 1.82) is 0 Å². The van der Waals surface area contributed by atoms with Crippen LogP contribution in [0.3, 0.4) is 0 Å². The minimum absolute atomic E-state index is 0.346. The van der Waals surface area contributed by atoms with E-state index < -0.39 is 10.0 Å². The van der Waals surface area contributed by atoms with Gasteiger partial charge in [0.15, 0.2) is 0 Å². The molecule has 0 amide bonds. The molecule has 1 saturated heterocycles. The van der Waals surface area contributed by atoms with Crippen molar-refractivity contribution in [3.8, 4) is 0 Å². The van der Waals surface area contributed by atoms with Crippen molar-refractivity contribution in [2.45, 2.75) is 16.7 Å². The first-order valence-electron chi connectivity index (χ1n) is 6.52. The van der Waals surface area contributed by atoms with Crippen LogP contribution in [0.5, 0.6) is 0 Å². The van der Waals surface area contributed by atoms with E-state index in [-0.39, 0.29) is 0 Å². The van der Waals surface area contributed by atoms with Crippen molar-refractivity contribution in [1.82, 2.24) is 14.6 Å². The van der Waals surface area contributed by atoms with Gasteiger partial charge in [0.1, 0.15) is 0 Å². The van der Waals surface area contributed by atoms with Crippen molar-refractivity contribution in [3.63, 3.8) is 0 Å². The molecule has 0 saturated carbocycles. The average Bonchev–Trinajstić information content (AvgIpc) is 2.81.